The maximum absolute atomic E-state index is 11.9. The molecule has 0 aromatic carbocycles. The Bertz CT molecular complexity index is 375. The number of aryl methyl sites for hydroxylation is 1. The minimum absolute atomic E-state index is 0.00231. The lowest BCUT2D eigenvalue weighted by atomic mass is 10.0. The standard InChI is InChI=1S/C11H15N3O/c1-3-6-14-8-13-7-10(14)11(15)9(2)4-5-12/h7-9H,3-4,6H2,1-2H3. The quantitative estimate of drug-likeness (QED) is 0.691. The fraction of sp³-hybridized carbons (Fsp3) is 0.545. The molecule has 0 spiro atoms. The van der Waals surface area contributed by atoms with Gasteiger partial charge in [-0.1, -0.05) is 13.8 Å². The van der Waals surface area contributed by atoms with Crippen LogP contribution in [0.3, 0.4) is 0 Å². The lowest BCUT2D eigenvalue weighted by Gasteiger charge is -2.08. The van der Waals surface area contributed by atoms with Crippen LogP contribution in [0.4, 0.5) is 0 Å². The predicted octanol–water partition coefficient (Wildman–Crippen LogP) is 2.03. The van der Waals surface area contributed by atoms with Crippen LogP contribution in [0.15, 0.2) is 12.5 Å². The molecule has 1 rings (SSSR count). The van der Waals surface area contributed by atoms with Crippen molar-refractivity contribution in [2.24, 2.45) is 5.92 Å². The highest BCUT2D eigenvalue weighted by Crippen LogP contribution is 2.11. The molecule has 1 unspecified atom stereocenters. The summed E-state index contributed by atoms with van der Waals surface area (Å²) in [4.78, 5) is 15.8. The average Bonchev–Trinajstić information content (AvgIpc) is 2.66. The Morgan fingerprint density at radius 1 is 1.73 bits per heavy atom. The summed E-state index contributed by atoms with van der Waals surface area (Å²) in [5, 5.41) is 8.53. The molecule has 15 heavy (non-hydrogen) atoms. The molecular weight excluding hydrogens is 190 g/mol. The first-order valence-electron chi connectivity index (χ1n) is 5.12. The summed E-state index contributed by atoms with van der Waals surface area (Å²) in [6, 6.07) is 2.01. The zero-order chi connectivity index (χ0) is 11.3. The van der Waals surface area contributed by atoms with E-state index in [2.05, 4.69) is 4.98 Å². The van der Waals surface area contributed by atoms with Gasteiger partial charge < -0.3 is 4.57 Å². The monoisotopic (exact) mass is 205 g/mol. The molecule has 0 bridgehead atoms. The third-order valence-electron chi connectivity index (χ3n) is 2.27. The Hall–Kier alpha value is -1.63. The second-order valence-corrected chi connectivity index (χ2v) is 3.60. The van der Waals surface area contributed by atoms with Gasteiger partial charge in [-0.3, -0.25) is 4.79 Å². The fourth-order valence-corrected chi connectivity index (χ4v) is 1.43. The molecule has 1 atom stereocenters. The Morgan fingerprint density at radius 3 is 3.07 bits per heavy atom. The van der Waals surface area contributed by atoms with E-state index in [9.17, 15) is 4.79 Å². The molecule has 0 N–H and O–H groups in total. The van der Waals surface area contributed by atoms with Gasteiger partial charge in [0.2, 0.25) is 0 Å². The number of nitriles is 1. The van der Waals surface area contributed by atoms with E-state index in [1.807, 2.05) is 17.6 Å². The third-order valence-corrected chi connectivity index (χ3v) is 2.27. The molecule has 4 nitrogen and oxygen atoms in total. The molecule has 0 aliphatic heterocycles. The van der Waals surface area contributed by atoms with Crippen molar-refractivity contribution in [3.05, 3.63) is 18.2 Å². The van der Waals surface area contributed by atoms with Crippen LogP contribution >= 0.6 is 0 Å². The van der Waals surface area contributed by atoms with Crippen LogP contribution in [0.25, 0.3) is 0 Å². The number of hydrogen-bond donors (Lipinski definition) is 0. The van der Waals surface area contributed by atoms with Crippen LogP contribution in [-0.4, -0.2) is 15.3 Å². The third kappa shape index (κ3) is 2.66. The summed E-state index contributed by atoms with van der Waals surface area (Å²) < 4.78 is 1.84. The van der Waals surface area contributed by atoms with Crippen LogP contribution < -0.4 is 0 Å². The molecule has 4 heteroatoms. The van der Waals surface area contributed by atoms with Gasteiger partial charge in [-0.15, -0.1) is 0 Å². The predicted molar refractivity (Wildman–Crippen MR) is 56.2 cm³/mol. The molecular formula is C11H15N3O. The number of nitrogens with zero attached hydrogens (tertiary/aromatic N) is 3. The zero-order valence-corrected chi connectivity index (χ0v) is 9.10. The van der Waals surface area contributed by atoms with Crippen molar-refractivity contribution in [3.63, 3.8) is 0 Å². The van der Waals surface area contributed by atoms with Crippen molar-refractivity contribution in [1.29, 1.82) is 5.26 Å². The van der Waals surface area contributed by atoms with Crippen molar-refractivity contribution in [1.82, 2.24) is 9.55 Å². The fourth-order valence-electron chi connectivity index (χ4n) is 1.43. The zero-order valence-electron chi connectivity index (χ0n) is 9.10. The van der Waals surface area contributed by atoms with E-state index >= 15 is 0 Å². The number of carbonyl (C=O) groups excluding carboxylic acids is 1. The highest BCUT2D eigenvalue weighted by molar-refractivity contribution is 5.96. The van der Waals surface area contributed by atoms with E-state index in [0.29, 0.717) is 5.69 Å². The number of rotatable bonds is 5. The minimum Gasteiger partial charge on any atom is -0.328 e. The molecule has 1 aromatic rings. The molecule has 0 aliphatic carbocycles. The highest BCUT2D eigenvalue weighted by Gasteiger charge is 2.18. The number of imidazole rings is 1. The smallest absolute Gasteiger partial charge is 0.184 e. The highest BCUT2D eigenvalue weighted by atomic mass is 16.1. The van der Waals surface area contributed by atoms with Gasteiger partial charge in [-0.25, -0.2) is 4.98 Å². The lowest BCUT2D eigenvalue weighted by Crippen LogP contribution is -2.15. The summed E-state index contributed by atoms with van der Waals surface area (Å²) in [7, 11) is 0. The van der Waals surface area contributed by atoms with Crippen molar-refractivity contribution in [2.45, 2.75) is 33.2 Å². The van der Waals surface area contributed by atoms with Gasteiger partial charge in [-0.05, 0) is 6.42 Å². The summed E-state index contributed by atoms with van der Waals surface area (Å²) >= 11 is 0. The molecule has 0 saturated heterocycles. The van der Waals surface area contributed by atoms with Crippen LogP contribution in [0.5, 0.6) is 0 Å². The SMILES string of the molecule is CCCn1cncc1C(=O)C(C)CC#N. The molecule has 0 aliphatic rings. The van der Waals surface area contributed by atoms with Gasteiger partial charge in [0.05, 0.1) is 18.6 Å². The molecule has 1 heterocycles. The molecule has 0 fully saturated rings. The number of hydrogen-bond acceptors (Lipinski definition) is 3. The van der Waals surface area contributed by atoms with Crippen LogP contribution in [0, 0.1) is 17.2 Å². The maximum Gasteiger partial charge on any atom is 0.184 e. The number of carbonyl (C=O) groups is 1. The molecule has 80 valence electrons. The molecule has 0 radical (unpaired) electrons. The van der Waals surface area contributed by atoms with E-state index in [1.54, 1.807) is 19.4 Å². The van der Waals surface area contributed by atoms with Crippen molar-refractivity contribution >= 4 is 5.78 Å². The first-order chi connectivity index (χ1) is 7.20. The van der Waals surface area contributed by atoms with E-state index in [4.69, 9.17) is 5.26 Å². The molecule has 1 aromatic heterocycles. The second-order valence-electron chi connectivity index (χ2n) is 3.60. The summed E-state index contributed by atoms with van der Waals surface area (Å²) in [5.74, 6) is -0.246. The first-order valence-corrected chi connectivity index (χ1v) is 5.12. The van der Waals surface area contributed by atoms with Gasteiger partial charge >= 0.3 is 0 Å². The first kappa shape index (κ1) is 11.4. The summed E-state index contributed by atoms with van der Waals surface area (Å²) in [5.41, 5.74) is 0.611. The Kier molecular flexibility index (Phi) is 4.04. The average molecular weight is 205 g/mol. The van der Waals surface area contributed by atoms with Crippen LogP contribution in [0.2, 0.25) is 0 Å². The number of ketones is 1. The Labute approximate surface area is 89.5 Å². The largest absolute Gasteiger partial charge is 0.328 e. The van der Waals surface area contributed by atoms with E-state index < -0.39 is 0 Å². The van der Waals surface area contributed by atoms with Crippen molar-refractivity contribution in [2.75, 3.05) is 0 Å². The van der Waals surface area contributed by atoms with Crippen LogP contribution in [0.1, 0.15) is 37.2 Å². The normalized spacial score (nSPS) is 12.1. The van der Waals surface area contributed by atoms with Crippen LogP contribution in [-0.2, 0) is 6.54 Å². The Morgan fingerprint density at radius 2 is 2.47 bits per heavy atom. The number of aromatic nitrogens is 2. The van der Waals surface area contributed by atoms with Gasteiger partial charge in [0.1, 0.15) is 5.69 Å². The van der Waals surface area contributed by atoms with Crippen molar-refractivity contribution < 1.29 is 4.79 Å². The maximum atomic E-state index is 11.9. The molecule has 0 amide bonds. The van der Waals surface area contributed by atoms with E-state index in [0.717, 1.165) is 13.0 Å². The van der Waals surface area contributed by atoms with Gasteiger partial charge in [0, 0.05) is 18.9 Å². The summed E-state index contributed by atoms with van der Waals surface area (Å²) in [6.45, 7) is 4.61. The lowest BCUT2D eigenvalue weighted by molar-refractivity contribution is 0.0922. The van der Waals surface area contributed by atoms with Gasteiger partial charge in [0.25, 0.3) is 0 Å². The number of Topliss-reactive ketones (excluding diaryl/α,β-unsaturated/α-hetero) is 1. The summed E-state index contributed by atoms with van der Waals surface area (Å²) in [6.07, 6.45) is 4.46. The minimum atomic E-state index is -0.248. The second kappa shape index (κ2) is 5.30. The van der Waals surface area contributed by atoms with Crippen molar-refractivity contribution in [3.8, 4) is 6.07 Å². The molecule has 0 saturated carbocycles. The topological polar surface area (TPSA) is 58.7 Å². The Balaban J connectivity index is 2.82. The van der Waals surface area contributed by atoms with E-state index in [-0.39, 0.29) is 18.1 Å². The van der Waals surface area contributed by atoms with Gasteiger partial charge in [-0.2, -0.15) is 5.26 Å². The van der Waals surface area contributed by atoms with Gasteiger partial charge in [0.15, 0.2) is 5.78 Å². The van der Waals surface area contributed by atoms with E-state index in [1.165, 1.54) is 0 Å².